The summed E-state index contributed by atoms with van der Waals surface area (Å²) in [5.41, 5.74) is 4.46. The highest BCUT2D eigenvalue weighted by Gasteiger charge is 2.02. The van der Waals surface area contributed by atoms with Gasteiger partial charge in [0.25, 0.3) is 0 Å². The molecule has 0 saturated heterocycles. The van der Waals surface area contributed by atoms with Crippen molar-refractivity contribution in [3.63, 3.8) is 0 Å². The largest absolute Gasteiger partial charge is 0.495 e. The third-order valence-corrected chi connectivity index (χ3v) is 3.21. The molecule has 4 nitrogen and oxygen atoms in total. The van der Waals surface area contributed by atoms with Gasteiger partial charge in [0, 0.05) is 0 Å². The minimum atomic E-state index is 0.343. The highest BCUT2D eigenvalue weighted by Crippen LogP contribution is 2.22. The predicted octanol–water partition coefficient (Wildman–Crippen LogP) is 4.25. The molecule has 0 unspecified atom stereocenters. The van der Waals surface area contributed by atoms with Gasteiger partial charge in [0.15, 0.2) is 5.11 Å². The van der Waals surface area contributed by atoms with Crippen LogP contribution in [0.15, 0.2) is 64.7 Å². The summed E-state index contributed by atoms with van der Waals surface area (Å²) in [7, 11) is 1.60. The maximum absolute atomic E-state index is 6.09. The molecule has 0 aliphatic rings. The van der Waals surface area contributed by atoms with Gasteiger partial charge in [-0.1, -0.05) is 54.1 Å². The number of benzene rings is 2. The Kier molecular flexibility index (Phi) is 6.59. The monoisotopic (exact) mass is 345 g/mol. The molecule has 0 fully saturated rings. The number of halogens is 1. The summed E-state index contributed by atoms with van der Waals surface area (Å²) in [4.78, 5) is 0. The van der Waals surface area contributed by atoms with Crippen molar-refractivity contribution in [1.29, 1.82) is 0 Å². The third-order valence-electron chi connectivity index (χ3n) is 2.81. The van der Waals surface area contributed by atoms with E-state index in [1.165, 1.54) is 6.21 Å². The maximum Gasteiger partial charge on any atom is 0.191 e. The van der Waals surface area contributed by atoms with E-state index in [4.69, 9.17) is 28.6 Å². The Morgan fingerprint density at radius 3 is 2.57 bits per heavy atom. The molecule has 0 atom stereocenters. The van der Waals surface area contributed by atoms with E-state index in [9.17, 15) is 0 Å². The number of thiocarbonyl (C=S) groups is 1. The van der Waals surface area contributed by atoms with Crippen molar-refractivity contribution in [3.05, 3.63) is 65.2 Å². The molecule has 0 amide bonds. The van der Waals surface area contributed by atoms with Crippen molar-refractivity contribution < 1.29 is 4.74 Å². The number of rotatable bonds is 5. The van der Waals surface area contributed by atoms with E-state index < -0.39 is 0 Å². The molecule has 0 radical (unpaired) electrons. The minimum absolute atomic E-state index is 0.343. The van der Waals surface area contributed by atoms with Crippen molar-refractivity contribution >= 4 is 46.9 Å². The van der Waals surface area contributed by atoms with Crippen LogP contribution in [-0.2, 0) is 0 Å². The summed E-state index contributed by atoms with van der Waals surface area (Å²) in [5.74, 6) is 0.697. The molecule has 0 aromatic heterocycles. The molecule has 0 aliphatic carbocycles. The van der Waals surface area contributed by atoms with Crippen molar-refractivity contribution in [2.45, 2.75) is 0 Å². The first-order chi connectivity index (χ1) is 11.2. The first-order valence-corrected chi connectivity index (χ1v) is 7.63. The zero-order chi connectivity index (χ0) is 16.5. The molecule has 2 rings (SSSR count). The predicted molar refractivity (Wildman–Crippen MR) is 101 cm³/mol. The SMILES string of the molecule is COc1ccccc1NC(=S)N/N=C/C(Cl)=C/c1ccccc1. The van der Waals surface area contributed by atoms with Crippen LogP contribution >= 0.6 is 23.8 Å². The van der Waals surface area contributed by atoms with Crippen LogP contribution in [0, 0.1) is 0 Å². The van der Waals surface area contributed by atoms with E-state index >= 15 is 0 Å². The van der Waals surface area contributed by atoms with Gasteiger partial charge in [0.05, 0.1) is 24.0 Å². The van der Waals surface area contributed by atoms with E-state index in [-0.39, 0.29) is 0 Å². The van der Waals surface area contributed by atoms with Gasteiger partial charge in [-0.05, 0) is 36.0 Å². The summed E-state index contributed by atoms with van der Waals surface area (Å²) in [6, 6.07) is 17.2. The van der Waals surface area contributed by atoms with Crippen molar-refractivity contribution in [3.8, 4) is 5.75 Å². The zero-order valence-electron chi connectivity index (χ0n) is 12.5. The van der Waals surface area contributed by atoms with Crippen LogP contribution in [-0.4, -0.2) is 18.4 Å². The Hall–Kier alpha value is -2.37. The number of allylic oxidation sites excluding steroid dienone is 1. The number of hydrogen-bond acceptors (Lipinski definition) is 3. The van der Waals surface area contributed by atoms with E-state index in [1.807, 2.05) is 60.7 Å². The molecule has 0 heterocycles. The number of para-hydroxylation sites is 2. The van der Waals surface area contributed by atoms with Gasteiger partial charge in [-0.15, -0.1) is 0 Å². The van der Waals surface area contributed by atoms with Crippen LogP contribution in [0.5, 0.6) is 5.75 Å². The van der Waals surface area contributed by atoms with Gasteiger partial charge in [-0.25, -0.2) is 0 Å². The van der Waals surface area contributed by atoms with Gasteiger partial charge < -0.3 is 10.1 Å². The van der Waals surface area contributed by atoms with Crippen LogP contribution in [0.25, 0.3) is 6.08 Å². The van der Waals surface area contributed by atoms with Crippen LogP contribution in [0.4, 0.5) is 5.69 Å². The Morgan fingerprint density at radius 1 is 1.13 bits per heavy atom. The number of anilines is 1. The number of nitrogens with zero attached hydrogens (tertiary/aromatic N) is 1. The van der Waals surface area contributed by atoms with E-state index in [1.54, 1.807) is 7.11 Å². The smallest absolute Gasteiger partial charge is 0.191 e. The molecule has 0 spiro atoms. The lowest BCUT2D eigenvalue weighted by atomic mass is 10.2. The number of hydrazone groups is 1. The second-order valence-corrected chi connectivity index (χ2v) is 5.31. The molecule has 2 aromatic rings. The summed E-state index contributed by atoms with van der Waals surface area (Å²) in [5, 5.41) is 7.84. The first-order valence-electron chi connectivity index (χ1n) is 6.84. The van der Waals surface area contributed by atoms with Crippen LogP contribution in [0.3, 0.4) is 0 Å². The van der Waals surface area contributed by atoms with Gasteiger partial charge >= 0.3 is 0 Å². The maximum atomic E-state index is 6.09. The Labute approximate surface area is 145 Å². The van der Waals surface area contributed by atoms with Crippen LogP contribution < -0.4 is 15.5 Å². The number of nitrogens with one attached hydrogen (secondary N) is 2. The normalized spacial score (nSPS) is 11.3. The Balaban J connectivity index is 1.90. The lowest BCUT2D eigenvalue weighted by molar-refractivity contribution is 0.417. The van der Waals surface area contributed by atoms with Gasteiger partial charge in [-0.2, -0.15) is 5.10 Å². The second kappa shape index (κ2) is 8.92. The number of methoxy groups -OCH3 is 1. The van der Waals surface area contributed by atoms with Crippen LogP contribution in [0.2, 0.25) is 0 Å². The van der Waals surface area contributed by atoms with Gasteiger partial charge in [-0.3, -0.25) is 5.43 Å². The van der Waals surface area contributed by atoms with E-state index in [0.717, 1.165) is 11.3 Å². The standard InChI is InChI=1S/C17H16ClN3OS/c1-22-16-10-6-5-9-15(16)20-17(23)21-19-12-14(18)11-13-7-3-2-4-8-13/h2-12H,1H3,(H2,20,21,23)/b14-11-,19-12+. The van der Waals surface area contributed by atoms with E-state index in [2.05, 4.69) is 15.8 Å². The fourth-order valence-electron chi connectivity index (χ4n) is 1.80. The Bertz CT molecular complexity index is 717. The topological polar surface area (TPSA) is 45.6 Å². The second-order valence-electron chi connectivity index (χ2n) is 4.46. The van der Waals surface area contributed by atoms with Crippen molar-refractivity contribution in [2.24, 2.45) is 5.10 Å². The number of hydrogen-bond donors (Lipinski definition) is 2. The Morgan fingerprint density at radius 2 is 1.83 bits per heavy atom. The fourth-order valence-corrected chi connectivity index (χ4v) is 2.13. The zero-order valence-corrected chi connectivity index (χ0v) is 14.1. The minimum Gasteiger partial charge on any atom is -0.495 e. The summed E-state index contributed by atoms with van der Waals surface area (Å²) >= 11 is 11.3. The van der Waals surface area contributed by atoms with Gasteiger partial charge in [0.2, 0.25) is 0 Å². The average molecular weight is 346 g/mol. The van der Waals surface area contributed by atoms with Crippen LogP contribution in [0.1, 0.15) is 5.56 Å². The average Bonchev–Trinajstić information content (AvgIpc) is 2.56. The lowest BCUT2D eigenvalue weighted by Gasteiger charge is -2.10. The molecule has 2 N–H and O–H groups in total. The molecule has 0 bridgehead atoms. The molecule has 118 valence electrons. The molecule has 0 saturated carbocycles. The molecular weight excluding hydrogens is 330 g/mol. The molecule has 6 heteroatoms. The molecular formula is C17H16ClN3OS. The summed E-state index contributed by atoms with van der Waals surface area (Å²) < 4.78 is 5.24. The highest BCUT2D eigenvalue weighted by atomic mass is 35.5. The number of ether oxygens (including phenoxy) is 1. The third kappa shape index (κ3) is 5.73. The summed E-state index contributed by atoms with van der Waals surface area (Å²) in [6.07, 6.45) is 3.30. The van der Waals surface area contributed by atoms with Crippen molar-refractivity contribution in [2.75, 3.05) is 12.4 Å². The molecule has 23 heavy (non-hydrogen) atoms. The molecule has 2 aromatic carbocycles. The quantitative estimate of drug-likeness (QED) is 0.483. The first kappa shape index (κ1) is 17.0. The van der Waals surface area contributed by atoms with Crippen molar-refractivity contribution in [1.82, 2.24) is 5.43 Å². The molecule has 0 aliphatic heterocycles. The van der Waals surface area contributed by atoms with E-state index in [0.29, 0.717) is 15.9 Å². The van der Waals surface area contributed by atoms with Gasteiger partial charge in [0.1, 0.15) is 5.75 Å². The highest BCUT2D eigenvalue weighted by molar-refractivity contribution is 7.80. The summed E-state index contributed by atoms with van der Waals surface area (Å²) in [6.45, 7) is 0. The fraction of sp³-hybridized carbons (Fsp3) is 0.0588. The lowest BCUT2D eigenvalue weighted by Crippen LogP contribution is -2.24.